The summed E-state index contributed by atoms with van der Waals surface area (Å²) in [6.07, 6.45) is 1.89. The van der Waals surface area contributed by atoms with Crippen LogP contribution in [0, 0.1) is 13.8 Å². The van der Waals surface area contributed by atoms with Crippen LogP contribution in [0.5, 0.6) is 5.75 Å². The average molecular weight is 256 g/mol. The van der Waals surface area contributed by atoms with E-state index in [4.69, 9.17) is 4.74 Å². The van der Waals surface area contributed by atoms with Gasteiger partial charge in [0.25, 0.3) is 0 Å². The van der Waals surface area contributed by atoms with Crippen molar-refractivity contribution in [3.05, 3.63) is 58.9 Å². The van der Waals surface area contributed by atoms with Gasteiger partial charge in [-0.15, -0.1) is 0 Å². The monoisotopic (exact) mass is 256 g/mol. The van der Waals surface area contributed by atoms with Crippen molar-refractivity contribution in [2.75, 3.05) is 7.05 Å². The molecule has 0 spiro atoms. The fraction of sp³-hybridized carbons (Fsp3) is 0.312. The molecule has 0 radical (unpaired) electrons. The predicted molar refractivity (Wildman–Crippen MR) is 77.2 cm³/mol. The fourth-order valence-corrected chi connectivity index (χ4v) is 2.02. The summed E-state index contributed by atoms with van der Waals surface area (Å²) in [5.74, 6) is 0.901. The van der Waals surface area contributed by atoms with E-state index in [1.54, 1.807) is 0 Å². The normalized spacial score (nSPS) is 10.5. The summed E-state index contributed by atoms with van der Waals surface area (Å²) >= 11 is 0. The summed E-state index contributed by atoms with van der Waals surface area (Å²) in [4.78, 5) is 4.39. The molecule has 0 aliphatic rings. The smallest absolute Gasteiger partial charge is 0.130 e. The first kappa shape index (κ1) is 13.6. The lowest BCUT2D eigenvalue weighted by Gasteiger charge is -2.08. The number of aryl methyl sites for hydroxylation is 2. The summed E-state index contributed by atoms with van der Waals surface area (Å²) in [6.45, 7) is 5.49. The number of hydrogen-bond acceptors (Lipinski definition) is 3. The van der Waals surface area contributed by atoms with Crippen molar-refractivity contribution in [3.63, 3.8) is 0 Å². The third-order valence-electron chi connectivity index (χ3n) is 2.85. The Morgan fingerprint density at radius 1 is 1.11 bits per heavy atom. The Morgan fingerprint density at radius 2 is 1.84 bits per heavy atom. The van der Waals surface area contributed by atoms with Crippen LogP contribution in [0.25, 0.3) is 0 Å². The molecule has 2 aromatic rings. The van der Waals surface area contributed by atoms with Gasteiger partial charge in [0.15, 0.2) is 0 Å². The number of rotatable bonds is 5. The van der Waals surface area contributed by atoms with Crippen LogP contribution in [0.3, 0.4) is 0 Å². The lowest BCUT2D eigenvalue weighted by molar-refractivity contribution is 0.301. The van der Waals surface area contributed by atoms with Crippen molar-refractivity contribution in [2.45, 2.75) is 27.0 Å². The molecule has 0 unspecified atom stereocenters. The van der Waals surface area contributed by atoms with Crippen molar-refractivity contribution in [3.8, 4) is 5.75 Å². The second-order valence-electron chi connectivity index (χ2n) is 4.80. The van der Waals surface area contributed by atoms with Crippen molar-refractivity contribution < 1.29 is 4.74 Å². The zero-order valence-electron chi connectivity index (χ0n) is 11.7. The van der Waals surface area contributed by atoms with Gasteiger partial charge in [-0.1, -0.05) is 12.1 Å². The highest BCUT2D eigenvalue weighted by Crippen LogP contribution is 2.17. The van der Waals surface area contributed by atoms with Crippen molar-refractivity contribution in [2.24, 2.45) is 0 Å². The maximum atomic E-state index is 5.78. The minimum atomic E-state index is 0.503. The molecule has 100 valence electrons. The van der Waals surface area contributed by atoms with E-state index < -0.39 is 0 Å². The molecule has 1 aromatic heterocycles. The zero-order chi connectivity index (χ0) is 13.7. The summed E-state index contributed by atoms with van der Waals surface area (Å²) in [5, 5.41) is 3.10. The molecule has 0 atom stereocenters. The van der Waals surface area contributed by atoms with E-state index in [2.05, 4.69) is 36.3 Å². The first-order valence-corrected chi connectivity index (χ1v) is 6.47. The molecule has 3 nitrogen and oxygen atoms in total. The van der Waals surface area contributed by atoms with Gasteiger partial charge in [0.1, 0.15) is 12.4 Å². The van der Waals surface area contributed by atoms with Gasteiger partial charge < -0.3 is 10.1 Å². The first-order valence-electron chi connectivity index (χ1n) is 6.47. The Hall–Kier alpha value is -1.87. The minimum Gasteiger partial charge on any atom is -0.487 e. The molecule has 1 heterocycles. The van der Waals surface area contributed by atoms with Gasteiger partial charge in [0, 0.05) is 12.7 Å². The lowest BCUT2D eigenvalue weighted by atomic mass is 10.1. The predicted octanol–water partition coefficient (Wildman–Crippen LogP) is 3.00. The van der Waals surface area contributed by atoms with E-state index >= 15 is 0 Å². The SMILES string of the molecule is CNCc1ccc(COc2cc(C)cc(C)c2)nc1. The molecular formula is C16H20N2O. The summed E-state index contributed by atoms with van der Waals surface area (Å²) in [6, 6.07) is 10.3. The highest BCUT2D eigenvalue weighted by Gasteiger charge is 2.00. The van der Waals surface area contributed by atoms with Gasteiger partial charge in [-0.2, -0.15) is 0 Å². The van der Waals surface area contributed by atoms with Gasteiger partial charge in [-0.25, -0.2) is 0 Å². The molecule has 2 rings (SSSR count). The van der Waals surface area contributed by atoms with Crippen LogP contribution in [-0.4, -0.2) is 12.0 Å². The van der Waals surface area contributed by atoms with Gasteiger partial charge in [-0.3, -0.25) is 4.98 Å². The molecule has 0 fully saturated rings. The van der Waals surface area contributed by atoms with E-state index in [9.17, 15) is 0 Å². The number of benzene rings is 1. The van der Waals surface area contributed by atoms with Crippen molar-refractivity contribution in [1.29, 1.82) is 0 Å². The Labute approximate surface area is 114 Å². The van der Waals surface area contributed by atoms with Crippen LogP contribution in [0.4, 0.5) is 0 Å². The summed E-state index contributed by atoms with van der Waals surface area (Å²) in [7, 11) is 1.93. The zero-order valence-corrected chi connectivity index (χ0v) is 11.7. The number of nitrogens with zero attached hydrogens (tertiary/aromatic N) is 1. The summed E-state index contributed by atoms with van der Waals surface area (Å²) < 4.78 is 5.78. The van der Waals surface area contributed by atoms with Gasteiger partial charge in [-0.05, 0) is 55.8 Å². The molecule has 19 heavy (non-hydrogen) atoms. The standard InChI is InChI=1S/C16H20N2O/c1-12-6-13(2)8-16(7-12)19-11-15-5-4-14(9-17-3)10-18-15/h4-8,10,17H,9,11H2,1-3H3. The third kappa shape index (κ3) is 4.07. The van der Waals surface area contributed by atoms with Crippen LogP contribution < -0.4 is 10.1 Å². The Kier molecular flexibility index (Phi) is 4.53. The maximum absolute atomic E-state index is 5.78. The fourth-order valence-electron chi connectivity index (χ4n) is 2.02. The number of pyridine rings is 1. The van der Waals surface area contributed by atoms with Crippen LogP contribution >= 0.6 is 0 Å². The van der Waals surface area contributed by atoms with Crippen LogP contribution in [0.2, 0.25) is 0 Å². The average Bonchev–Trinajstić information content (AvgIpc) is 2.37. The van der Waals surface area contributed by atoms with E-state index in [1.165, 1.54) is 16.7 Å². The van der Waals surface area contributed by atoms with Crippen LogP contribution in [0.15, 0.2) is 36.5 Å². The Morgan fingerprint density at radius 3 is 2.42 bits per heavy atom. The van der Waals surface area contributed by atoms with Gasteiger partial charge in [0.05, 0.1) is 5.69 Å². The lowest BCUT2D eigenvalue weighted by Crippen LogP contribution is -2.06. The molecule has 0 amide bonds. The molecule has 1 N–H and O–H groups in total. The highest BCUT2D eigenvalue weighted by molar-refractivity contribution is 5.33. The highest BCUT2D eigenvalue weighted by atomic mass is 16.5. The Balaban J connectivity index is 1.98. The minimum absolute atomic E-state index is 0.503. The molecule has 0 aliphatic carbocycles. The molecule has 0 bridgehead atoms. The summed E-state index contributed by atoms with van der Waals surface area (Å²) in [5.41, 5.74) is 4.55. The molecule has 0 saturated heterocycles. The Bertz CT molecular complexity index is 515. The van der Waals surface area contributed by atoms with E-state index in [-0.39, 0.29) is 0 Å². The van der Waals surface area contributed by atoms with E-state index in [0.717, 1.165) is 18.0 Å². The molecule has 1 aromatic carbocycles. The van der Waals surface area contributed by atoms with Gasteiger partial charge >= 0.3 is 0 Å². The number of nitrogens with one attached hydrogen (secondary N) is 1. The van der Waals surface area contributed by atoms with Crippen molar-refractivity contribution in [1.82, 2.24) is 10.3 Å². The number of aromatic nitrogens is 1. The van der Waals surface area contributed by atoms with Crippen LogP contribution in [-0.2, 0) is 13.2 Å². The molecule has 0 saturated carbocycles. The maximum Gasteiger partial charge on any atom is 0.130 e. The molecule has 3 heteroatoms. The second-order valence-corrected chi connectivity index (χ2v) is 4.80. The largest absolute Gasteiger partial charge is 0.487 e. The quantitative estimate of drug-likeness (QED) is 0.893. The third-order valence-corrected chi connectivity index (χ3v) is 2.85. The topological polar surface area (TPSA) is 34.1 Å². The first-order chi connectivity index (χ1) is 9.17. The van der Waals surface area contributed by atoms with Crippen LogP contribution in [0.1, 0.15) is 22.4 Å². The molecule has 0 aliphatic heterocycles. The van der Waals surface area contributed by atoms with E-state index in [0.29, 0.717) is 6.61 Å². The molecular weight excluding hydrogens is 236 g/mol. The van der Waals surface area contributed by atoms with Gasteiger partial charge in [0.2, 0.25) is 0 Å². The van der Waals surface area contributed by atoms with Crippen molar-refractivity contribution >= 4 is 0 Å². The number of hydrogen-bond donors (Lipinski definition) is 1. The number of ether oxygens (including phenoxy) is 1. The second kappa shape index (κ2) is 6.34. The van der Waals surface area contributed by atoms with E-state index in [1.807, 2.05) is 31.4 Å².